The summed E-state index contributed by atoms with van der Waals surface area (Å²) in [5.74, 6) is 0.616. The smallest absolute Gasteiger partial charge is 0.141 e. The van der Waals surface area contributed by atoms with Gasteiger partial charge in [0.2, 0.25) is 0 Å². The van der Waals surface area contributed by atoms with E-state index in [1.165, 1.54) is 31.9 Å². The highest BCUT2D eigenvalue weighted by Crippen LogP contribution is 2.23. The van der Waals surface area contributed by atoms with E-state index in [9.17, 15) is 4.39 Å². The molecule has 2 nitrogen and oxygen atoms in total. The summed E-state index contributed by atoms with van der Waals surface area (Å²) >= 11 is 0. The van der Waals surface area contributed by atoms with Crippen molar-refractivity contribution in [1.29, 1.82) is 0 Å². The molecule has 0 spiro atoms. The van der Waals surface area contributed by atoms with E-state index in [0.29, 0.717) is 6.04 Å². The van der Waals surface area contributed by atoms with Crippen LogP contribution in [0.25, 0.3) is 0 Å². The number of rotatable bonds is 3. The Kier molecular flexibility index (Phi) is 3.88. The van der Waals surface area contributed by atoms with Crippen molar-refractivity contribution in [3.05, 3.63) is 29.8 Å². The van der Waals surface area contributed by atoms with E-state index in [0.717, 1.165) is 18.0 Å². The molecule has 1 aromatic rings. The average Bonchev–Trinajstić information content (AvgIpc) is 2.28. The van der Waals surface area contributed by atoms with Gasteiger partial charge in [-0.05, 0) is 43.2 Å². The molecule has 0 atom stereocenters. The quantitative estimate of drug-likeness (QED) is 0.850. The van der Waals surface area contributed by atoms with Crippen LogP contribution < -0.4 is 5.32 Å². The van der Waals surface area contributed by atoms with Gasteiger partial charge in [-0.3, -0.25) is 4.98 Å². The number of aromatic nitrogens is 1. The van der Waals surface area contributed by atoms with Crippen molar-refractivity contribution < 1.29 is 4.39 Å². The second kappa shape index (κ2) is 5.39. The molecule has 1 saturated carbocycles. The lowest BCUT2D eigenvalue weighted by molar-refractivity contribution is 0.306. The van der Waals surface area contributed by atoms with Crippen molar-refractivity contribution in [2.75, 3.05) is 0 Å². The lowest BCUT2D eigenvalue weighted by atomic mass is 9.87. The molecule has 0 aromatic carbocycles. The van der Waals surface area contributed by atoms with Crippen LogP contribution in [0.2, 0.25) is 0 Å². The number of halogens is 1. The average molecular weight is 222 g/mol. The van der Waals surface area contributed by atoms with Crippen LogP contribution >= 0.6 is 0 Å². The summed E-state index contributed by atoms with van der Waals surface area (Å²) in [6.45, 7) is 3.04. The molecule has 0 radical (unpaired) electrons. The maximum absolute atomic E-state index is 12.9. The molecule has 3 heteroatoms. The van der Waals surface area contributed by atoms with Crippen LogP contribution in [0.3, 0.4) is 0 Å². The van der Waals surface area contributed by atoms with E-state index in [1.807, 2.05) is 0 Å². The molecular weight excluding hydrogens is 203 g/mol. The fourth-order valence-corrected chi connectivity index (χ4v) is 2.28. The molecule has 88 valence electrons. The summed E-state index contributed by atoms with van der Waals surface area (Å²) in [6, 6.07) is 2.14. The highest BCUT2D eigenvalue weighted by Gasteiger charge is 2.17. The van der Waals surface area contributed by atoms with Crippen LogP contribution in [0.15, 0.2) is 18.5 Å². The third kappa shape index (κ3) is 3.27. The normalized spacial score (nSPS) is 25.6. The largest absolute Gasteiger partial charge is 0.310 e. The van der Waals surface area contributed by atoms with Gasteiger partial charge in [0, 0.05) is 18.8 Å². The first kappa shape index (κ1) is 11.5. The zero-order valence-electron chi connectivity index (χ0n) is 9.75. The molecule has 0 amide bonds. The molecule has 1 heterocycles. The summed E-state index contributed by atoms with van der Waals surface area (Å²) in [6.07, 6.45) is 8.05. The Morgan fingerprint density at radius 2 is 2.06 bits per heavy atom. The predicted molar refractivity (Wildman–Crippen MR) is 62.5 cm³/mol. The number of hydrogen-bond donors (Lipinski definition) is 1. The van der Waals surface area contributed by atoms with Crippen molar-refractivity contribution in [3.8, 4) is 0 Å². The van der Waals surface area contributed by atoms with E-state index < -0.39 is 0 Å². The monoisotopic (exact) mass is 222 g/mol. The number of hydrogen-bond acceptors (Lipinski definition) is 2. The molecule has 1 aromatic heterocycles. The third-order valence-electron chi connectivity index (χ3n) is 3.37. The van der Waals surface area contributed by atoms with Crippen LogP contribution in [0.5, 0.6) is 0 Å². The minimum absolute atomic E-state index is 0.253. The topological polar surface area (TPSA) is 24.9 Å². The highest BCUT2D eigenvalue weighted by atomic mass is 19.1. The Morgan fingerprint density at radius 1 is 1.31 bits per heavy atom. The highest BCUT2D eigenvalue weighted by molar-refractivity contribution is 5.09. The van der Waals surface area contributed by atoms with Gasteiger partial charge in [0.25, 0.3) is 0 Å². The van der Waals surface area contributed by atoms with Gasteiger partial charge < -0.3 is 5.32 Å². The Labute approximate surface area is 96.3 Å². The molecule has 0 bridgehead atoms. The molecule has 0 aliphatic heterocycles. The predicted octanol–water partition coefficient (Wildman–Crippen LogP) is 2.89. The molecule has 1 fully saturated rings. The van der Waals surface area contributed by atoms with Gasteiger partial charge in [-0.25, -0.2) is 4.39 Å². The summed E-state index contributed by atoms with van der Waals surface area (Å²) in [7, 11) is 0. The summed E-state index contributed by atoms with van der Waals surface area (Å²) in [4.78, 5) is 3.85. The molecule has 16 heavy (non-hydrogen) atoms. The van der Waals surface area contributed by atoms with Gasteiger partial charge in [-0.15, -0.1) is 0 Å². The van der Waals surface area contributed by atoms with Crippen molar-refractivity contribution in [2.24, 2.45) is 5.92 Å². The SMILES string of the molecule is CC1CCC(NCc2cncc(F)c2)CC1. The lowest BCUT2D eigenvalue weighted by Crippen LogP contribution is -2.32. The minimum Gasteiger partial charge on any atom is -0.310 e. The summed E-state index contributed by atoms with van der Waals surface area (Å²) < 4.78 is 12.9. The van der Waals surface area contributed by atoms with Crippen molar-refractivity contribution in [2.45, 2.75) is 45.2 Å². The van der Waals surface area contributed by atoms with Crippen LogP contribution in [-0.4, -0.2) is 11.0 Å². The molecule has 2 rings (SSSR count). The van der Waals surface area contributed by atoms with Crippen LogP contribution in [0.4, 0.5) is 4.39 Å². The van der Waals surface area contributed by atoms with Crippen LogP contribution in [0.1, 0.15) is 38.2 Å². The maximum atomic E-state index is 12.9. The second-order valence-electron chi connectivity index (χ2n) is 4.85. The molecule has 1 aliphatic rings. The second-order valence-corrected chi connectivity index (χ2v) is 4.85. The van der Waals surface area contributed by atoms with E-state index in [-0.39, 0.29) is 5.82 Å². The molecule has 0 unspecified atom stereocenters. The molecule has 0 saturated heterocycles. The van der Waals surface area contributed by atoms with Crippen LogP contribution in [0, 0.1) is 11.7 Å². The van der Waals surface area contributed by atoms with Gasteiger partial charge in [0.05, 0.1) is 6.20 Å². The van der Waals surface area contributed by atoms with E-state index >= 15 is 0 Å². The van der Waals surface area contributed by atoms with Gasteiger partial charge >= 0.3 is 0 Å². The van der Waals surface area contributed by atoms with Gasteiger partial charge in [0.1, 0.15) is 5.82 Å². The fraction of sp³-hybridized carbons (Fsp3) is 0.615. The number of nitrogens with one attached hydrogen (secondary N) is 1. The first-order chi connectivity index (χ1) is 7.74. The number of nitrogens with zero attached hydrogens (tertiary/aromatic N) is 1. The van der Waals surface area contributed by atoms with Gasteiger partial charge in [-0.1, -0.05) is 6.92 Å². The van der Waals surface area contributed by atoms with E-state index in [2.05, 4.69) is 17.2 Å². The molecular formula is C13H19FN2. The zero-order valence-corrected chi connectivity index (χ0v) is 9.75. The first-order valence-electron chi connectivity index (χ1n) is 6.07. The number of pyridine rings is 1. The Morgan fingerprint density at radius 3 is 2.75 bits per heavy atom. The van der Waals surface area contributed by atoms with Gasteiger partial charge in [0.15, 0.2) is 0 Å². The maximum Gasteiger partial charge on any atom is 0.141 e. The Hall–Kier alpha value is -0.960. The molecule has 1 N–H and O–H groups in total. The standard InChI is InChI=1S/C13H19FN2/c1-10-2-4-13(5-3-10)16-8-11-6-12(14)9-15-7-11/h6-7,9-10,13,16H,2-5,8H2,1H3. The van der Waals surface area contributed by atoms with Crippen molar-refractivity contribution >= 4 is 0 Å². The fourth-order valence-electron chi connectivity index (χ4n) is 2.28. The first-order valence-corrected chi connectivity index (χ1v) is 6.07. The Bertz CT molecular complexity index is 332. The molecule has 1 aliphatic carbocycles. The van der Waals surface area contributed by atoms with Gasteiger partial charge in [-0.2, -0.15) is 0 Å². The van der Waals surface area contributed by atoms with Crippen molar-refractivity contribution in [3.63, 3.8) is 0 Å². The van der Waals surface area contributed by atoms with Crippen molar-refractivity contribution in [1.82, 2.24) is 10.3 Å². The van der Waals surface area contributed by atoms with E-state index in [1.54, 1.807) is 12.3 Å². The minimum atomic E-state index is -0.253. The summed E-state index contributed by atoms with van der Waals surface area (Å²) in [5, 5.41) is 3.48. The summed E-state index contributed by atoms with van der Waals surface area (Å²) in [5.41, 5.74) is 0.929. The lowest BCUT2D eigenvalue weighted by Gasteiger charge is -2.27. The Balaban J connectivity index is 1.79. The van der Waals surface area contributed by atoms with Crippen LogP contribution in [-0.2, 0) is 6.54 Å². The zero-order chi connectivity index (χ0) is 11.4. The third-order valence-corrected chi connectivity index (χ3v) is 3.37. The van der Waals surface area contributed by atoms with E-state index in [4.69, 9.17) is 0 Å².